The molecule has 0 radical (unpaired) electrons. The standard InChI is InChI=1S/C23H33NO3.ClH/c24-16-22(21(25)14-17-8-3-1-4-9-17)27-23(26)20-13-7-12-19(15-20)18-10-5-2-6-11-18;/h7,12-13,15,17-18,22H,1-6,8-11,14,16,24H2;1H/t22-;/m1./s1. The summed E-state index contributed by atoms with van der Waals surface area (Å²) in [6.45, 7) is 0.0552. The summed E-state index contributed by atoms with van der Waals surface area (Å²) in [6.07, 6.45) is 11.7. The van der Waals surface area contributed by atoms with Crippen molar-refractivity contribution >= 4 is 24.2 Å². The summed E-state index contributed by atoms with van der Waals surface area (Å²) in [5.41, 5.74) is 7.49. The maximum absolute atomic E-state index is 12.6. The monoisotopic (exact) mass is 407 g/mol. The minimum Gasteiger partial charge on any atom is -0.449 e. The first kappa shape index (κ1) is 22.9. The maximum atomic E-state index is 12.6. The molecule has 3 rings (SSSR count). The molecule has 0 bridgehead atoms. The number of halogens is 1. The van der Waals surface area contributed by atoms with Gasteiger partial charge in [-0.3, -0.25) is 4.79 Å². The van der Waals surface area contributed by atoms with Crippen LogP contribution in [0.25, 0.3) is 0 Å². The summed E-state index contributed by atoms with van der Waals surface area (Å²) < 4.78 is 5.52. The van der Waals surface area contributed by atoms with Crippen LogP contribution in [-0.4, -0.2) is 24.4 Å². The van der Waals surface area contributed by atoms with Gasteiger partial charge in [-0.1, -0.05) is 63.5 Å². The Morgan fingerprint density at radius 3 is 2.29 bits per heavy atom. The summed E-state index contributed by atoms with van der Waals surface area (Å²) >= 11 is 0. The Bertz CT molecular complexity index is 636. The van der Waals surface area contributed by atoms with Crippen molar-refractivity contribution in [2.24, 2.45) is 11.7 Å². The number of benzene rings is 1. The number of carbonyl (C=O) groups is 2. The smallest absolute Gasteiger partial charge is 0.338 e. The molecule has 2 N–H and O–H groups in total. The van der Waals surface area contributed by atoms with Gasteiger partial charge in [0.15, 0.2) is 11.9 Å². The molecule has 1 aromatic carbocycles. The first-order valence-electron chi connectivity index (χ1n) is 10.7. The van der Waals surface area contributed by atoms with Gasteiger partial charge in [-0.25, -0.2) is 4.79 Å². The number of ether oxygens (including phenoxy) is 1. The molecule has 1 atom stereocenters. The van der Waals surface area contributed by atoms with Crippen molar-refractivity contribution in [3.8, 4) is 0 Å². The van der Waals surface area contributed by atoms with Crippen LogP contribution < -0.4 is 5.73 Å². The van der Waals surface area contributed by atoms with Crippen molar-refractivity contribution in [3.63, 3.8) is 0 Å². The third-order valence-electron chi connectivity index (χ3n) is 6.24. The van der Waals surface area contributed by atoms with E-state index in [9.17, 15) is 9.59 Å². The largest absolute Gasteiger partial charge is 0.449 e. The first-order chi connectivity index (χ1) is 13.2. The second-order valence-electron chi connectivity index (χ2n) is 8.26. The van der Waals surface area contributed by atoms with Gasteiger partial charge in [0.05, 0.1) is 5.56 Å². The van der Waals surface area contributed by atoms with E-state index in [-0.39, 0.29) is 24.7 Å². The van der Waals surface area contributed by atoms with E-state index in [2.05, 4.69) is 6.07 Å². The van der Waals surface area contributed by atoms with E-state index in [1.165, 1.54) is 56.9 Å². The van der Waals surface area contributed by atoms with Gasteiger partial charge in [0.25, 0.3) is 0 Å². The second kappa shape index (κ2) is 11.6. The number of ketones is 1. The molecule has 0 aliphatic heterocycles. The van der Waals surface area contributed by atoms with Gasteiger partial charge in [-0.2, -0.15) is 0 Å². The minimum absolute atomic E-state index is 0. The van der Waals surface area contributed by atoms with Crippen molar-refractivity contribution in [2.45, 2.75) is 82.7 Å². The predicted molar refractivity (Wildman–Crippen MR) is 114 cm³/mol. The molecule has 2 aliphatic carbocycles. The summed E-state index contributed by atoms with van der Waals surface area (Å²) in [7, 11) is 0. The lowest BCUT2D eigenvalue weighted by atomic mass is 9.83. The number of nitrogens with two attached hydrogens (primary N) is 1. The van der Waals surface area contributed by atoms with Crippen molar-refractivity contribution in [3.05, 3.63) is 35.4 Å². The van der Waals surface area contributed by atoms with Crippen molar-refractivity contribution in [2.75, 3.05) is 6.54 Å². The fraction of sp³-hybridized carbons (Fsp3) is 0.652. The van der Waals surface area contributed by atoms with Gasteiger partial charge in [-0.05, 0) is 42.4 Å². The van der Waals surface area contributed by atoms with Crippen LogP contribution in [0.5, 0.6) is 0 Å². The molecule has 0 amide bonds. The van der Waals surface area contributed by atoms with Gasteiger partial charge >= 0.3 is 5.97 Å². The van der Waals surface area contributed by atoms with Gasteiger partial charge in [-0.15, -0.1) is 12.4 Å². The summed E-state index contributed by atoms with van der Waals surface area (Å²) in [5.74, 6) is 0.500. The molecule has 0 spiro atoms. The minimum atomic E-state index is -0.822. The van der Waals surface area contributed by atoms with E-state index >= 15 is 0 Å². The van der Waals surface area contributed by atoms with Crippen LogP contribution in [0.2, 0.25) is 0 Å². The SMILES string of the molecule is Cl.NC[C@@H](OC(=O)c1cccc(C2CCCCC2)c1)C(=O)CC1CCCCC1. The van der Waals surface area contributed by atoms with Crippen LogP contribution in [0.3, 0.4) is 0 Å². The Labute approximate surface area is 175 Å². The fourth-order valence-electron chi connectivity index (χ4n) is 4.61. The third-order valence-corrected chi connectivity index (χ3v) is 6.24. The van der Waals surface area contributed by atoms with Crippen LogP contribution in [-0.2, 0) is 9.53 Å². The number of hydrogen-bond acceptors (Lipinski definition) is 4. The van der Waals surface area contributed by atoms with E-state index in [0.717, 1.165) is 12.8 Å². The molecule has 2 aliphatic rings. The molecule has 2 saturated carbocycles. The molecule has 0 heterocycles. The molecule has 28 heavy (non-hydrogen) atoms. The second-order valence-corrected chi connectivity index (χ2v) is 8.26. The summed E-state index contributed by atoms with van der Waals surface area (Å²) in [4.78, 5) is 25.2. The van der Waals surface area contributed by atoms with Gasteiger partial charge < -0.3 is 10.5 Å². The first-order valence-corrected chi connectivity index (χ1v) is 10.7. The molecule has 2 fully saturated rings. The zero-order valence-corrected chi connectivity index (χ0v) is 17.6. The normalized spacial score (nSPS) is 19.5. The highest BCUT2D eigenvalue weighted by atomic mass is 35.5. The van der Waals surface area contributed by atoms with E-state index in [4.69, 9.17) is 10.5 Å². The van der Waals surface area contributed by atoms with Crippen LogP contribution in [0, 0.1) is 5.92 Å². The molecule has 5 heteroatoms. The average Bonchev–Trinajstić information content (AvgIpc) is 2.73. The van der Waals surface area contributed by atoms with Gasteiger partial charge in [0.1, 0.15) is 0 Å². The zero-order valence-electron chi connectivity index (χ0n) is 16.7. The molecule has 1 aromatic rings. The van der Waals surface area contributed by atoms with E-state index < -0.39 is 12.1 Å². The Kier molecular flexibility index (Phi) is 9.46. The van der Waals surface area contributed by atoms with Gasteiger partial charge in [0, 0.05) is 13.0 Å². The molecule has 4 nitrogen and oxygen atoms in total. The molecule has 156 valence electrons. The molecular formula is C23H34ClNO3. The van der Waals surface area contributed by atoms with E-state index in [1.807, 2.05) is 12.1 Å². The zero-order chi connectivity index (χ0) is 19.1. The van der Waals surface area contributed by atoms with Crippen LogP contribution >= 0.6 is 12.4 Å². The lowest BCUT2D eigenvalue weighted by Gasteiger charge is -2.23. The van der Waals surface area contributed by atoms with Gasteiger partial charge in [0.2, 0.25) is 0 Å². The third kappa shape index (κ3) is 6.31. The molecular weight excluding hydrogens is 374 g/mol. The number of rotatable bonds is 7. The Morgan fingerprint density at radius 2 is 1.64 bits per heavy atom. The Hall–Kier alpha value is -1.39. The Morgan fingerprint density at radius 1 is 1.00 bits per heavy atom. The predicted octanol–water partition coefficient (Wildman–Crippen LogP) is 5.18. The molecule has 0 aromatic heterocycles. The highest BCUT2D eigenvalue weighted by molar-refractivity contribution is 5.93. The summed E-state index contributed by atoms with van der Waals surface area (Å²) in [5, 5.41) is 0. The summed E-state index contributed by atoms with van der Waals surface area (Å²) in [6, 6.07) is 7.73. The fourth-order valence-corrected chi connectivity index (χ4v) is 4.61. The topological polar surface area (TPSA) is 69.4 Å². The van der Waals surface area contributed by atoms with Crippen LogP contribution in [0.4, 0.5) is 0 Å². The van der Waals surface area contributed by atoms with Crippen molar-refractivity contribution < 1.29 is 14.3 Å². The highest BCUT2D eigenvalue weighted by Gasteiger charge is 2.26. The van der Waals surface area contributed by atoms with Crippen molar-refractivity contribution in [1.29, 1.82) is 0 Å². The lowest BCUT2D eigenvalue weighted by molar-refractivity contribution is -0.128. The number of hydrogen-bond donors (Lipinski definition) is 1. The van der Waals surface area contributed by atoms with Crippen LogP contribution in [0.15, 0.2) is 24.3 Å². The lowest BCUT2D eigenvalue weighted by Crippen LogP contribution is -2.35. The molecule has 0 saturated heterocycles. The molecule has 0 unspecified atom stereocenters. The number of carbonyl (C=O) groups excluding carboxylic acids is 2. The average molecular weight is 408 g/mol. The number of esters is 1. The maximum Gasteiger partial charge on any atom is 0.338 e. The number of Topliss-reactive ketones (excluding diaryl/α,β-unsaturated/α-hetero) is 1. The Balaban J connectivity index is 0.00000280. The quantitative estimate of drug-likeness (QED) is 0.632. The van der Waals surface area contributed by atoms with Crippen LogP contribution in [0.1, 0.15) is 92.5 Å². The van der Waals surface area contributed by atoms with Crippen molar-refractivity contribution in [1.82, 2.24) is 0 Å². The van der Waals surface area contributed by atoms with E-state index in [0.29, 0.717) is 23.8 Å². The highest BCUT2D eigenvalue weighted by Crippen LogP contribution is 2.33. The van der Waals surface area contributed by atoms with E-state index in [1.54, 1.807) is 6.07 Å².